The van der Waals surface area contributed by atoms with Gasteiger partial charge in [-0.3, -0.25) is 9.32 Å². The molecular formula is H3Cl2LiO2. The quantitative estimate of drug-likeness (QED) is 0.420. The second-order valence-electron chi connectivity index (χ2n) is 0. The number of rotatable bonds is 0. The molecule has 0 amide bonds. The topological polar surface area (TPSA) is 40.5 Å². The molecule has 2 nitrogen and oxygen atoms in total. The van der Waals surface area contributed by atoms with Gasteiger partial charge in [0.05, 0.1) is 23.7 Å². The standard InChI is InChI=1S/2ClHO.Li.H/c2*1-2;;/h2*2H;;. The van der Waals surface area contributed by atoms with Gasteiger partial charge in [0.1, 0.15) is 0 Å². The van der Waals surface area contributed by atoms with E-state index in [-0.39, 0.29) is 18.9 Å². The third-order valence-corrected chi connectivity index (χ3v) is 0. The normalized spacial score (nSPS) is 2.40. The van der Waals surface area contributed by atoms with Gasteiger partial charge in [-0.05, 0) is 0 Å². The molecule has 0 atom stereocenters. The van der Waals surface area contributed by atoms with Crippen LogP contribution in [0, 0.1) is 0 Å². The van der Waals surface area contributed by atoms with Crippen molar-refractivity contribution in [2.75, 3.05) is 0 Å². The van der Waals surface area contributed by atoms with Gasteiger partial charge >= 0.3 is 18.9 Å². The first-order valence-electron chi connectivity index (χ1n) is 0.338. The van der Waals surface area contributed by atoms with Crippen LogP contribution in [0.2, 0.25) is 0 Å². The SMILES string of the molecule is OCl.OCl.[LiH]. The average Bonchev–Trinajstić information content (AvgIpc) is 1.50. The summed E-state index contributed by atoms with van der Waals surface area (Å²) in [5.74, 6) is 0. The third-order valence-electron chi connectivity index (χ3n) is 0. The molecule has 0 fully saturated rings. The van der Waals surface area contributed by atoms with Gasteiger partial charge in [0.25, 0.3) is 0 Å². The molecule has 0 heterocycles. The molecule has 0 aliphatic heterocycles. The van der Waals surface area contributed by atoms with Gasteiger partial charge < -0.3 is 0 Å². The van der Waals surface area contributed by atoms with Gasteiger partial charge in [-0.15, -0.1) is 0 Å². The number of hydrogen-bond acceptors (Lipinski definition) is 2. The molecule has 2 N–H and O–H groups in total. The Morgan fingerprint density at radius 3 is 0.800 bits per heavy atom. The summed E-state index contributed by atoms with van der Waals surface area (Å²) in [5.41, 5.74) is 0. The minimum absolute atomic E-state index is 0. The average molecular weight is 113 g/mol. The van der Waals surface area contributed by atoms with Crippen molar-refractivity contribution in [3.63, 3.8) is 0 Å². The zero-order valence-electron chi connectivity index (χ0n) is 1.65. The van der Waals surface area contributed by atoms with Gasteiger partial charge in [0.2, 0.25) is 0 Å². The van der Waals surface area contributed by atoms with Crippen molar-refractivity contribution in [2.24, 2.45) is 0 Å². The Labute approximate surface area is 52.2 Å². The first kappa shape index (κ1) is 16.5. The van der Waals surface area contributed by atoms with Crippen molar-refractivity contribution >= 4 is 42.6 Å². The molecule has 0 aliphatic rings. The van der Waals surface area contributed by atoms with Gasteiger partial charge in [0, 0.05) is 0 Å². The summed E-state index contributed by atoms with van der Waals surface area (Å²) in [7, 11) is 0. The summed E-state index contributed by atoms with van der Waals surface area (Å²) in [5, 5.41) is 0. The second-order valence-corrected chi connectivity index (χ2v) is 0. The van der Waals surface area contributed by atoms with Crippen LogP contribution in [0.3, 0.4) is 0 Å². The zero-order chi connectivity index (χ0) is 4.00. The molecule has 0 aromatic rings. The molecule has 30 valence electrons. The van der Waals surface area contributed by atoms with E-state index in [1.165, 1.54) is 0 Å². The summed E-state index contributed by atoms with van der Waals surface area (Å²) in [6.45, 7) is 0. The van der Waals surface area contributed by atoms with Crippen molar-refractivity contribution in [3.8, 4) is 0 Å². The van der Waals surface area contributed by atoms with E-state index in [1.807, 2.05) is 0 Å². The van der Waals surface area contributed by atoms with Gasteiger partial charge in [-0.2, -0.15) is 0 Å². The molecule has 0 spiro atoms. The molecular weight excluding hydrogens is 110 g/mol. The molecule has 0 unspecified atom stereocenters. The summed E-state index contributed by atoms with van der Waals surface area (Å²) < 4.78 is 12.9. The van der Waals surface area contributed by atoms with Gasteiger partial charge in [0.15, 0.2) is 0 Å². The molecule has 0 radical (unpaired) electrons. The van der Waals surface area contributed by atoms with Crippen LogP contribution in [-0.2, 0) is 0 Å². The van der Waals surface area contributed by atoms with Crippen LogP contribution < -0.4 is 0 Å². The Morgan fingerprint density at radius 2 is 0.800 bits per heavy atom. The molecule has 0 aliphatic carbocycles. The van der Waals surface area contributed by atoms with Gasteiger partial charge in [-0.25, -0.2) is 0 Å². The van der Waals surface area contributed by atoms with Crippen LogP contribution in [0.5, 0.6) is 0 Å². The second kappa shape index (κ2) is 71.1. The monoisotopic (exact) mass is 112 g/mol. The first-order valence-corrected chi connectivity index (χ1v) is 1.01. The van der Waals surface area contributed by atoms with Crippen molar-refractivity contribution in [2.45, 2.75) is 0 Å². The Balaban J connectivity index is -0.0000000133. The number of hydrogen-bond donors (Lipinski definition) is 2. The molecule has 0 rings (SSSR count). The fourth-order valence-electron chi connectivity index (χ4n) is 0. The molecule has 0 aromatic heterocycles. The molecule has 0 aromatic carbocycles. The van der Waals surface area contributed by atoms with Crippen molar-refractivity contribution in [1.29, 1.82) is 0 Å². The fourth-order valence-corrected chi connectivity index (χ4v) is 0. The third kappa shape index (κ3) is 40.6. The predicted molar refractivity (Wildman–Crippen MR) is 23.3 cm³/mol. The van der Waals surface area contributed by atoms with Crippen molar-refractivity contribution in [1.82, 2.24) is 0 Å². The van der Waals surface area contributed by atoms with E-state index < -0.39 is 0 Å². The van der Waals surface area contributed by atoms with E-state index >= 15 is 0 Å². The van der Waals surface area contributed by atoms with E-state index in [4.69, 9.17) is 9.32 Å². The van der Waals surface area contributed by atoms with Crippen LogP contribution in [0.4, 0.5) is 0 Å². The van der Waals surface area contributed by atoms with E-state index in [0.29, 0.717) is 0 Å². The van der Waals surface area contributed by atoms with E-state index in [1.54, 1.807) is 0 Å². The van der Waals surface area contributed by atoms with E-state index in [2.05, 4.69) is 23.7 Å². The van der Waals surface area contributed by atoms with Crippen molar-refractivity contribution in [3.05, 3.63) is 0 Å². The Kier molecular flexibility index (Phi) is 235. The molecule has 0 bridgehead atoms. The van der Waals surface area contributed by atoms with Crippen LogP contribution >= 0.6 is 23.7 Å². The minimum atomic E-state index is 0. The van der Waals surface area contributed by atoms with E-state index in [9.17, 15) is 0 Å². The Morgan fingerprint density at radius 1 is 0.800 bits per heavy atom. The maximum atomic E-state index is 6.47. The maximum absolute atomic E-state index is 6.47. The summed E-state index contributed by atoms with van der Waals surface area (Å²) in [6.07, 6.45) is 0. The van der Waals surface area contributed by atoms with Gasteiger partial charge in [-0.1, -0.05) is 0 Å². The van der Waals surface area contributed by atoms with Crippen LogP contribution in [0.1, 0.15) is 0 Å². The molecule has 0 saturated carbocycles. The zero-order valence-corrected chi connectivity index (χ0v) is 3.16. The summed E-state index contributed by atoms with van der Waals surface area (Å²) in [6, 6.07) is 0. The Hall–Kier alpha value is 1.10. The summed E-state index contributed by atoms with van der Waals surface area (Å²) >= 11 is 7.28. The first-order chi connectivity index (χ1) is 2.00. The predicted octanol–water partition coefficient (Wildman–Crippen LogP) is -0.384. The van der Waals surface area contributed by atoms with Crippen LogP contribution in [-0.4, -0.2) is 28.2 Å². The van der Waals surface area contributed by atoms with Crippen LogP contribution in [0.15, 0.2) is 0 Å². The molecule has 5 heteroatoms. The summed E-state index contributed by atoms with van der Waals surface area (Å²) in [4.78, 5) is 0. The fraction of sp³-hybridized carbons (Fsp3) is 0. The van der Waals surface area contributed by atoms with Crippen molar-refractivity contribution < 1.29 is 9.32 Å². The van der Waals surface area contributed by atoms with E-state index in [0.717, 1.165) is 0 Å². The van der Waals surface area contributed by atoms with Crippen LogP contribution in [0.25, 0.3) is 0 Å². The number of halogens is 2. The Bertz CT molecular complexity index is 7.61. The molecule has 5 heavy (non-hydrogen) atoms. The molecule has 0 saturated heterocycles.